The lowest BCUT2D eigenvalue weighted by Crippen LogP contribution is -2.36. The summed E-state index contributed by atoms with van der Waals surface area (Å²) in [5.41, 5.74) is 5.41. The molecule has 1 unspecified atom stereocenters. The van der Waals surface area contributed by atoms with Crippen molar-refractivity contribution < 1.29 is 9.53 Å². The van der Waals surface area contributed by atoms with Gasteiger partial charge in [0.15, 0.2) is 0 Å². The van der Waals surface area contributed by atoms with Crippen LogP contribution in [0, 0.1) is 0 Å². The number of amides is 1. The molecule has 4 rings (SSSR count). The number of carbonyl (C=O) groups excluding carboxylic acids is 1. The molecule has 0 fully saturated rings. The fraction of sp³-hybridized carbons (Fsp3) is 0.435. The van der Waals surface area contributed by atoms with Crippen LogP contribution in [0.1, 0.15) is 54.4 Å². The van der Waals surface area contributed by atoms with Gasteiger partial charge in [-0.05, 0) is 72.9 Å². The molecule has 0 saturated carbocycles. The Hall–Kier alpha value is -2.29. The summed E-state index contributed by atoms with van der Waals surface area (Å²) in [5.74, 6) is 1.57. The lowest BCUT2D eigenvalue weighted by atomic mass is 9.81. The van der Waals surface area contributed by atoms with Crippen molar-refractivity contribution in [2.24, 2.45) is 0 Å². The van der Waals surface area contributed by atoms with Gasteiger partial charge in [0.2, 0.25) is 5.91 Å². The van der Waals surface area contributed by atoms with E-state index in [2.05, 4.69) is 36.4 Å². The minimum atomic E-state index is 0.291. The molecule has 136 valence electrons. The Morgan fingerprint density at radius 2 is 2.00 bits per heavy atom. The third-order valence-corrected chi connectivity index (χ3v) is 5.77. The zero-order valence-electron chi connectivity index (χ0n) is 15.5. The summed E-state index contributed by atoms with van der Waals surface area (Å²) in [7, 11) is 0. The summed E-state index contributed by atoms with van der Waals surface area (Å²) in [6, 6.07) is 15.0. The molecule has 0 N–H and O–H groups in total. The Balaban J connectivity index is 1.46. The first-order chi connectivity index (χ1) is 12.7. The van der Waals surface area contributed by atoms with Crippen molar-refractivity contribution in [2.45, 2.75) is 51.5 Å². The van der Waals surface area contributed by atoms with Gasteiger partial charge in [0.25, 0.3) is 0 Å². The number of nitrogens with zero attached hydrogens (tertiary/aromatic N) is 1. The average Bonchev–Trinajstić information content (AvgIpc) is 2.68. The SMILES string of the molecule is CCOc1ccc2c(c1)CN(C(=O)CC1CCCc3ccccc31)CC2. The number of rotatable bonds is 4. The van der Waals surface area contributed by atoms with Crippen molar-refractivity contribution in [1.29, 1.82) is 0 Å². The molecule has 0 bridgehead atoms. The molecular weight excluding hydrogens is 322 g/mol. The molecule has 0 aromatic heterocycles. The largest absolute Gasteiger partial charge is 0.494 e. The number of ether oxygens (including phenoxy) is 1. The number of benzene rings is 2. The van der Waals surface area contributed by atoms with Crippen LogP contribution in [0.2, 0.25) is 0 Å². The van der Waals surface area contributed by atoms with E-state index in [1.54, 1.807) is 0 Å². The Kier molecular flexibility index (Phi) is 4.96. The zero-order chi connectivity index (χ0) is 17.9. The molecule has 2 aliphatic rings. The standard InChI is InChI=1S/C23H27NO2/c1-2-26-21-11-10-17-12-13-24(16-20(17)14-21)23(25)15-19-8-5-7-18-6-3-4-9-22(18)19/h3-4,6,9-11,14,19H,2,5,7-8,12-13,15-16H2,1H3. The van der Waals surface area contributed by atoms with Gasteiger partial charge in [-0.2, -0.15) is 0 Å². The normalized spacial score (nSPS) is 18.8. The van der Waals surface area contributed by atoms with E-state index in [-0.39, 0.29) is 0 Å². The van der Waals surface area contributed by atoms with Crippen LogP contribution in [-0.2, 0) is 24.2 Å². The fourth-order valence-electron chi connectivity index (χ4n) is 4.41. The molecule has 1 aliphatic heterocycles. The maximum Gasteiger partial charge on any atom is 0.223 e. The van der Waals surface area contributed by atoms with Crippen LogP contribution < -0.4 is 4.74 Å². The average molecular weight is 349 g/mol. The van der Waals surface area contributed by atoms with Gasteiger partial charge in [0, 0.05) is 19.5 Å². The second-order valence-electron chi connectivity index (χ2n) is 7.42. The number of aryl methyl sites for hydroxylation is 1. The van der Waals surface area contributed by atoms with Crippen LogP contribution in [0.3, 0.4) is 0 Å². The molecule has 2 aromatic rings. The van der Waals surface area contributed by atoms with Gasteiger partial charge in [-0.3, -0.25) is 4.79 Å². The minimum absolute atomic E-state index is 0.291. The van der Waals surface area contributed by atoms with E-state index in [0.29, 0.717) is 31.4 Å². The highest BCUT2D eigenvalue weighted by Crippen LogP contribution is 2.35. The molecule has 0 radical (unpaired) electrons. The first-order valence-corrected chi connectivity index (χ1v) is 9.84. The number of fused-ring (bicyclic) bond motifs is 2. The predicted molar refractivity (Wildman–Crippen MR) is 103 cm³/mol. The van der Waals surface area contributed by atoms with Crippen LogP contribution in [-0.4, -0.2) is 24.0 Å². The van der Waals surface area contributed by atoms with Crippen LogP contribution in [0.5, 0.6) is 5.75 Å². The minimum Gasteiger partial charge on any atom is -0.494 e. The van der Waals surface area contributed by atoms with Gasteiger partial charge in [0.05, 0.1) is 6.61 Å². The third kappa shape index (κ3) is 3.48. The molecule has 26 heavy (non-hydrogen) atoms. The quantitative estimate of drug-likeness (QED) is 0.814. The van der Waals surface area contributed by atoms with Crippen molar-refractivity contribution in [3.8, 4) is 5.75 Å². The van der Waals surface area contributed by atoms with Crippen molar-refractivity contribution in [3.63, 3.8) is 0 Å². The smallest absolute Gasteiger partial charge is 0.223 e. The van der Waals surface area contributed by atoms with Crippen LogP contribution in [0.25, 0.3) is 0 Å². The highest BCUT2D eigenvalue weighted by Gasteiger charge is 2.26. The lowest BCUT2D eigenvalue weighted by Gasteiger charge is -2.32. The van der Waals surface area contributed by atoms with Crippen molar-refractivity contribution >= 4 is 5.91 Å². The van der Waals surface area contributed by atoms with Gasteiger partial charge < -0.3 is 9.64 Å². The van der Waals surface area contributed by atoms with E-state index >= 15 is 0 Å². The number of carbonyl (C=O) groups is 1. The molecule has 3 nitrogen and oxygen atoms in total. The highest BCUT2D eigenvalue weighted by atomic mass is 16.5. The number of hydrogen-bond acceptors (Lipinski definition) is 2. The van der Waals surface area contributed by atoms with E-state index < -0.39 is 0 Å². The molecule has 1 aliphatic carbocycles. The van der Waals surface area contributed by atoms with Gasteiger partial charge in [-0.15, -0.1) is 0 Å². The third-order valence-electron chi connectivity index (χ3n) is 5.77. The topological polar surface area (TPSA) is 29.5 Å². The van der Waals surface area contributed by atoms with E-state index in [1.807, 2.05) is 17.9 Å². The summed E-state index contributed by atoms with van der Waals surface area (Å²) in [4.78, 5) is 15.0. The maximum atomic E-state index is 13.0. The maximum absolute atomic E-state index is 13.0. The molecule has 0 spiro atoms. The van der Waals surface area contributed by atoms with Gasteiger partial charge in [-0.1, -0.05) is 30.3 Å². The van der Waals surface area contributed by atoms with E-state index in [0.717, 1.165) is 31.6 Å². The summed E-state index contributed by atoms with van der Waals surface area (Å²) in [5, 5.41) is 0. The number of hydrogen-bond donors (Lipinski definition) is 0. The molecule has 3 heteroatoms. The summed E-state index contributed by atoms with van der Waals surface area (Å²) < 4.78 is 5.62. The molecule has 1 heterocycles. The Morgan fingerprint density at radius 3 is 2.88 bits per heavy atom. The van der Waals surface area contributed by atoms with Gasteiger partial charge >= 0.3 is 0 Å². The first-order valence-electron chi connectivity index (χ1n) is 9.84. The molecule has 0 saturated heterocycles. The predicted octanol–water partition coefficient (Wildman–Crippen LogP) is 4.48. The zero-order valence-corrected chi connectivity index (χ0v) is 15.5. The monoisotopic (exact) mass is 349 g/mol. The van der Waals surface area contributed by atoms with Gasteiger partial charge in [0.1, 0.15) is 5.75 Å². The van der Waals surface area contributed by atoms with Crippen molar-refractivity contribution in [1.82, 2.24) is 4.90 Å². The summed E-state index contributed by atoms with van der Waals surface area (Å²) >= 11 is 0. The van der Waals surface area contributed by atoms with Crippen molar-refractivity contribution in [3.05, 3.63) is 64.7 Å². The van der Waals surface area contributed by atoms with Crippen LogP contribution >= 0.6 is 0 Å². The Morgan fingerprint density at radius 1 is 1.12 bits per heavy atom. The molecule has 2 aromatic carbocycles. The Bertz CT molecular complexity index is 799. The fourth-order valence-corrected chi connectivity index (χ4v) is 4.41. The summed E-state index contributed by atoms with van der Waals surface area (Å²) in [6.07, 6.45) is 5.04. The van der Waals surface area contributed by atoms with Crippen molar-refractivity contribution in [2.75, 3.05) is 13.2 Å². The second kappa shape index (κ2) is 7.53. The van der Waals surface area contributed by atoms with Crippen LogP contribution in [0.4, 0.5) is 0 Å². The summed E-state index contributed by atoms with van der Waals surface area (Å²) in [6.45, 7) is 4.21. The highest BCUT2D eigenvalue weighted by molar-refractivity contribution is 5.77. The first kappa shape index (κ1) is 17.1. The van der Waals surface area contributed by atoms with Crippen LogP contribution in [0.15, 0.2) is 42.5 Å². The molecule has 1 amide bonds. The van der Waals surface area contributed by atoms with Gasteiger partial charge in [-0.25, -0.2) is 0 Å². The van der Waals surface area contributed by atoms with E-state index in [1.165, 1.54) is 28.7 Å². The molecular formula is C23H27NO2. The Labute approximate surface area is 156 Å². The van der Waals surface area contributed by atoms with E-state index in [4.69, 9.17) is 4.74 Å². The van der Waals surface area contributed by atoms with E-state index in [9.17, 15) is 4.79 Å². The second-order valence-corrected chi connectivity index (χ2v) is 7.42. The molecule has 1 atom stereocenters. The lowest BCUT2D eigenvalue weighted by molar-refractivity contribution is -0.132.